The summed E-state index contributed by atoms with van der Waals surface area (Å²) >= 11 is 6.40. The first-order valence-electron chi connectivity index (χ1n) is 7.36. The van der Waals surface area contributed by atoms with E-state index in [-0.39, 0.29) is 11.8 Å². The zero-order valence-electron chi connectivity index (χ0n) is 13.3. The van der Waals surface area contributed by atoms with Crippen LogP contribution in [0.4, 0.5) is 0 Å². The number of benzene rings is 1. The van der Waals surface area contributed by atoms with E-state index in [2.05, 4.69) is 0 Å². The summed E-state index contributed by atoms with van der Waals surface area (Å²) in [7, 11) is 0. The smallest absolute Gasteiger partial charge is 0.326 e. The van der Waals surface area contributed by atoms with Crippen molar-refractivity contribution in [1.82, 2.24) is 4.90 Å². The summed E-state index contributed by atoms with van der Waals surface area (Å²) in [6.45, 7) is 5.85. The maximum absolute atomic E-state index is 12.6. The largest absolute Gasteiger partial charge is 0.480 e. The molecule has 1 saturated heterocycles. The summed E-state index contributed by atoms with van der Waals surface area (Å²) in [5, 5.41) is 9.44. The molecule has 1 fully saturated rings. The molecule has 0 saturated carbocycles. The van der Waals surface area contributed by atoms with Crippen LogP contribution in [0.1, 0.15) is 31.4 Å². The minimum Gasteiger partial charge on any atom is -0.480 e. The molecule has 1 aliphatic heterocycles. The fourth-order valence-corrected chi connectivity index (χ4v) is 3.68. The fraction of sp³-hybridized carbons (Fsp3) is 0.353. The molecule has 0 spiro atoms. The molecule has 0 bridgehead atoms. The van der Waals surface area contributed by atoms with Gasteiger partial charge in [0, 0.05) is 0 Å². The van der Waals surface area contributed by atoms with Crippen LogP contribution >= 0.6 is 24.0 Å². The highest BCUT2D eigenvalue weighted by Crippen LogP contribution is 2.35. The Kier molecular flexibility index (Phi) is 5.59. The minimum atomic E-state index is -1.02. The van der Waals surface area contributed by atoms with Crippen LogP contribution in [0.25, 0.3) is 6.08 Å². The number of amides is 1. The Balaban J connectivity index is 2.28. The van der Waals surface area contributed by atoms with Crippen LogP contribution in [0.2, 0.25) is 0 Å². The van der Waals surface area contributed by atoms with Gasteiger partial charge in [0.1, 0.15) is 10.4 Å². The minimum absolute atomic E-state index is 0.154. The summed E-state index contributed by atoms with van der Waals surface area (Å²) < 4.78 is 0.307. The monoisotopic (exact) mass is 349 g/mol. The topological polar surface area (TPSA) is 57.6 Å². The van der Waals surface area contributed by atoms with Crippen molar-refractivity contribution in [2.45, 2.75) is 33.2 Å². The highest BCUT2D eigenvalue weighted by atomic mass is 32.2. The van der Waals surface area contributed by atoms with Gasteiger partial charge in [-0.1, -0.05) is 67.7 Å². The highest BCUT2D eigenvalue weighted by molar-refractivity contribution is 8.26. The first kappa shape index (κ1) is 17.7. The summed E-state index contributed by atoms with van der Waals surface area (Å²) in [5.41, 5.74) is 2.03. The van der Waals surface area contributed by atoms with Gasteiger partial charge >= 0.3 is 5.97 Å². The van der Waals surface area contributed by atoms with E-state index in [0.29, 0.717) is 15.6 Å². The van der Waals surface area contributed by atoms with Gasteiger partial charge in [-0.15, -0.1) is 0 Å². The summed E-state index contributed by atoms with van der Waals surface area (Å²) in [6.07, 6.45) is 2.13. The zero-order valence-corrected chi connectivity index (χ0v) is 14.9. The van der Waals surface area contributed by atoms with Gasteiger partial charge in [-0.2, -0.15) is 0 Å². The molecule has 23 heavy (non-hydrogen) atoms. The van der Waals surface area contributed by atoms with Crippen molar-refractivity contribution in [3.63, 3.8) is 0 Å². The Morgan fingerprint density at radius 2 is 1.96 bits per heavy atom. The lowest BCUT2D eigenvalue weighted by atomic mass is 10.0. The zero-order chi connectivity index (χ0) is 17.1. The average molecular weight is 349 g/mol. The van der Waals surface area contributed by atoms with Gasteiger partial charge < -0.3 is 5.11 Å². The van der Waals surface area contributed by atoms with E-state index in [1.807, 2.05) is 45.0 Å². The summed E-state index contributed by atoms with van der Waals surface area (Å²) in [6, 6.07) is 6.86. The number of hydrogen-bond donors (Lipinski definition) is 1. The van der Waals surface area contributed by atoms with Crippen molar-refractivity contribution in [3.05, 3.63) is 40.3 Å². The SMILES string of the molecule is Cc1ccc(/C=C2\SC(=S)N(C(CC(C)C)C(=O)O)C2=O)cc1. The first-order chi connectivity index (χ1) is 10.8. The van der Waals surface area contributed by atoms with E-state index >= 15 is 0 Å². The van der Waals surface area contributed by atoms with Crippen molar-refractivity contribution in [2.24, 2.45) is 5.92 Å². The van der Waals surface area contributed by atoms with Crippen molar-refractivity contribution in [3.8, 4) is 0 Å². The van der Waals surface area contributed by atoms with Crippen molar-refractivity contribution in [2.75, 3.05) is 0 Å². The number of aliphatic carboxylic acids is 1. The van der Waals surface area contributed by atoms with E-state index in [1.165, 1.54) is 4.90 Å². The van der Waals surface area contributed by atoms with Gasteiger partial charge in [-0.3, -0.25) is 9.69 Å². The van der Waals surface area contributed by atoms with Crippen LogP contribution in [0, 0.1) is 12.8 Å². The Bertz CT molecular complexity index is 665. The third-order valence-electron chi connectivity index (χ3n) is 3.49. The predicted molar refractivity (Wildman–Crippen MR) is 97.1 cm³/mol. The molecule has 6 heteroatoms. The van der Waals surface area contributed by atoms with Crippen LogP contribution in [0.5, 0.6) is 0 Å². The molecular formula is C17H19NO3S2. The first-order valence-corrected chi connectivity index (χ1v) is 8.58. The number of carbonyl (C=O) groups is 2. The lowest BCUT2D eigenvalue weighted by Crippen LogP contribution is -2.44. The molecule has 1 aliphatic rings. The van der Waals surface area contributed by atoms with Crippen LogP contribution in [0.15, 0.2) is 29.2 Å². The predicted octanol–water partition coefficient (Wildman–Crippen LogP) is 3.70. The molecule has 2 rings (SSSR count). The molecular weight excluding hydrogens is 330 g/mol. The van der Waals surface area contributed by atoms with E-state index in [4.69, 9.17) is 12.2 Å². The quantitative estimate of drug-likeness (QED) is 0.649. The van der Waals surface area contributed by atoms with Gasteiger partial charge in [0.25, 0.3) is 5.91 Å². The number of aryl methyl sites for hydroxylation is 1. The average Bonchev–Trinajstić information content (AvgIpc) is 2.73. The summed E-state index contributed by atoms with van der Waals surface area (Å²) in [5.74, 6) is -1.19. The number of rotatable bonds is 5. The third-order valence-corrected chi connectivity index (χ3v) is 4.82. The second-order valence-corrected chi connectivity index (χ2v) is 7.62. The lowest BCUT2D eigenvalue weighted by molar-refractivity contribution is -0.145. The van der Waals surface area contributed by atoms with Gasteiger partial charge in [0.05, 0.1) is 4.91 Å². The molecule has 0 radical (unpaired) electrons. The van der Waals surface area contributed by atoms with Crippen molar-refractivity contribution < 1.29 is 14.7 Å². The standard InChI is InChI=1S/C17H19NO3S2/c1-10(2)8-13(16(20)21)18-15(19)14(23-17(18)22)9-12-6-4-11(3)5-7-12/h4-7,9-10,13H,8H2,1-3H3,(H,20,21)/b14-9-. The number of nitrogens with zero attached hydrogens (tertiary/aromatic N) is 1. The molecule has 1 heterocycles. The molecule has 1 aromatic rings. The van der Waals surface area contributed by atoms with E-state index in [0.717, 1.165) is 22.9 Å². The van der Waals surface area contributed by atoms with Gasteiger partial charge in [-0.05, 0) is 30.9 Å². The molecule has 1 unspecified atom stereocenters. The van der Waals surface area contributed by atoms with Crippen molar-refractivity contribution in [1.29, 1.82) is 0 Å². The number of thiocarbonyl (C=S) groups is 1. The number of hydrogen-bond acceptors (Lipinski definition) is 4. The molecule has 1 atom stereocenters. The Labute approximate surface area is 145 Å². The maximum Gasteiger partial charge on any atom is 0.326 e. The molecule has 1 N–H and O–H groups in total. The van der Waals surface area contributed by atoms with Gasteiger partial charge in [0.2, 0.25) is 0 Å². The number of thioether (sulfide) groups is 1. The van der Waals surface area contributed by atoms with E-state index in [9.17, 15) is 14.7 Å². The number of carboxylic acid groups (broad SMARTS) is 1. The second-order valence-electron chi connectivity index (χ2n) is 5.95. The molecule has 4 nitrogen and oxygen atoms in total. The van der Waals surface area contributed by atoms with Gasteiger partial charge in [-0.25, -0.2) is 4.79 Å². The lowest BCUT2D eigenvalue weighted by Gasteiger charge is -2.24. The molecule has 0 aliphatic carbocycles. The van der Waals surface area contributed by atoms with Gasteiger partial charge in [0.15, 0.2) is 0 Å². The van der Waals surface area contributed by atoms with E-state index in [1.54, 1.807) is 6.08 Å². The normalized spacial score (nSPS) is 18.1. The Morgan fingerprint density at radius 1 is 1.35 bits per heavy atom. The number of carbonyl (C=O) groups excluding carboxylic acids is 1. The van der Waals surface area contributed by atoms with E-state index < -0.39 is 12.0 Å². The molecule has 1 aromatic carbocycles. The van der Waals surface area contributed by atoms with Crippen LogP contribution < -0.4 is 0 Å². The Morgan fingerprint density at radius 3 is 2.48 bits per heavy atom. The van der Waals surface area contributed by atoms with Crippen molar-refractivity contribution >= 4 is 46.3 Å². The molecule has 122 valence electrons. The maximum atomic E-state index is 12.6. The molecule has 1 amide bonds. The third kappa shape index (κ3) is 4.20. The van der Waals surface area contributed by atoms with Crippen LogP contribution in [0.3, 0.4) is 0 Å². The second kappa shape index (κ2) is 7.27. The van der Waals surface area contributed by atoms with Crippen LogP contribution in [-0.4, -0.2) is 32.2 Å². The number of carboxylic acids is 1. The highest BCUT2D eigenvalue weighted by Gasteiger charge is 2.40. The summed E-state index contributed by atoms with van der Waals surface area (Å²) in [4.78, 5) is 25.8. The van der Waals surface area contributed by atoms with Crippen LogP contribution in [-0.2, 0) is 9.59 Å². The molecule has 0 aromatic heterocycles. The fourth-order valence-electron chi connectivity index (χ4n) is 2.33. The Hall–Kier alpha value is -1.66.